The number of aromatic amines is 1. The number of aliphatic hydroxyl groups is 1. The number of rotatable bonds is 7. The normalized spacial score (nSPS) is 28.6. The second kappa shape index (κ2) is 9.18. The van der Waals surface area contributed by atoms with E-state index in [-0.39, 0.29) is 6.61 Å². The quantitative estimate of drug-likeness (QED) is 0.459. The first-order chi connectivity index (χ1) is 15.7. The molecular formula is C22H25FN2O8. The van der Waals surface area contributed by atoms with Gasteiger partial charge in [0.25, 0.3) is 5.56 Å². The highest BCUT2D eigenvalue weighted by molar-refractivity contribution is 5.89. The number of nitrogens with one attached hydrogen (secondary N) is 1. The fourth-order valence-electron chi connectivity index (χ4n) is 4.05. The lowest BCUT2D eigenvalue weighted by molar-refractivity contribution is -0.214. The molecule has 0 aliphatic carbocycles. The van der Waals surface area contributed by atoms with Crippen LogP contribution in [0.1, 0.15) is 41.9 Å². The van der Waals surface area contributed by atoms with Crippen LogP contribution in [0, 0.1) is 12.7 Å². The molecule has 2 saturated heterocycles. The van der Waals surface area contributed by atoms with Crippen molar-refractivity contribution in [3.05, 3.63) is 68.2 Å². The predicted molar refractivity (Wildman–Crippen MR) is 111 cm³/mol. The maximum atomic E-state index is 13.8. The van der Waals surface area contributed by atoms with Gasteiger partial charge < -0.3 is 24.1 Å². The summed E-state index contributed by atoms with van der Waals surface area (Å²) in [5.74, 6) is -2.69. The zero-order valence-electron chi connectivity index (χ0n) is 18.2. The molecule has 1 aromatic carbocycles. The van der Waals surface area contributed by atoms with E-state index < -0.39 is 60.0 Å². The monoisotopic (exact) mass is 464 g/mol. The molecule has 0 bridgehead atoms. The Labute approximate surface area is 187 Å². The van der Waals surface area contributed by atoms with Crippen molar-refractivity contribution in [3.8, 4) is 0 Å². The highest BCUT2D eigenvalue weighted by atomic mass is 19.1. The van der Waals surface area contributed by atoms with Crippen molar-refractivity contribution in [1.29, 1.82) is 0 Å². The molecule has 2 aromatic rings. The van der Waals surface area contributed by atoms with Crippen molar-refractivity contribution in [2.75, 3.05) is 13.2 Å². The molecule has 0 radical (unpaired) electrons. The molecule has 2 aliphatic rings. The standard InChI is InChI=1S/C22H25FN2O8/c1-12-4-6-13(7-5-12)20(28)30-9-3-8-22(2)32-16-15(11-26)31-19(17(16)33-22)25-10-14(23)18(27)24-21(25)29/h4-7,10,15-17,19,26H,3,8-9,11H2,1-2H3,(H,24,27,29)/t15-,16-,17-,19-,22-/m1/s1. The minimum atomic E-state index is -1.15. The van der Waals surface area contributed by atoms with Crippen molar-refractivity contribution in [2.45, 2.75) is 57.0 Å². The van der Waals surface area contributed by atoms with Crippen LogP contribution in [-0.4, -0.2) is 57.9 Å². The van der Waals surface area contributed by atoms with Gasteiger partial charge in [0, 0.05) is 6.42 Å². The van der Waals surface area contributed by atoms with Crippen molar-refractivity contribution < 1.29 is 33.2 Å². The number of esters is 1. The molecule has 2 fully saturated rings. The number of nitrogens with zero attached hydrogens (tertiary/aromatic N) is 1. The number of halogens is 1. The van der Waals surface area contributed by atoms with Crippen LogP contribution in [0.2, 0.25) is 0 Å². The summed E-state index contributed by atoms with van der Waals surface area (Å²) in [6, 6.07) is 7.04. The first-order valence-corrected chi connectivity index (χ1v) is 10.6. The highest BCUT2D eigenvalue weighted by Gasteiger charge is 2.57. The number of fused-ring (bicyclic) bond motifs is 1. The zero-order chi connectivity index (χ0) is 23.8. The van der Waals surface area contributed by atoms with Crippen molar-refractivity contribution in [3.63, 3.8) is 0 Å². The SMILES string of the molecule is Cc1ccc(C(=O)OCCC[C@@]2(C)O[C@@H]3[C@H](O2)[C@@H](CO)O[C@H]3n2cc(F)c(=O)[nH]c2=O)cc1. The zero-order valence-corrected chi connectivity index (χ0v) is 18.2. The van der Waals surface area contributed by atoms with Gasteiger partial charge in [-0.1, -0.05) is 17.7 Å². The molecule has 2 N–H and O–H groups in total. The summed E-state index contributed by atoms with van der Waals surface area (Å²) in [4.78, 5) is 37.5. The second-order valence-electron chi connectivity index (χ2n) is 8.30. The molecule has 11 heteroatoms. The average Bonchev–Trinajstić information content (AvgIpc) is 3.28. The fraction of sp³-hybridized carbons (Fsp3) is 0.500. The maximum Gasteiger partial charge on any atom is 0.338 e. The van der Waals surface area contributed by atoms with Gasteiger partial charge in [0.1, 0.15) is 18.3 Å². The van der Waals surface area contributed by atoms with Crippen LogP contribution in [0.25, 0.3) is 0 Å². The highest BCUT2D eigenvalue weighted by Crippen LogP contribution is 2.44. The van der Waals surface area contributed by atoms with Gasteiger partial charge in [-0.15, -0.1) is 0 Å². The molecule has 4 rings (SSSR count). The molecular weight excluding hydrogens is 439 g/mol. The Hall–Kier alpha value is -2.86. The maximum absolute atomic E-state index is 13.8. The molecule has 0 spiro atoms. The topological polar surface area (TPSA) is 129 Å². The second-order valence-corrected chi connectivity index (χ2v) is 8.30. The van der Waals surface area contributed by atoms with Gasteiger partial charge in [-0.3, -0.25) is 14.3 Å². The number of carbonyl (C=O) groups excluding carboxylic acids is 1. The summed E-state index contributed by atoms with van der Waals surface area (Å²) in [7, 11) is 0. The van der Waals surface area contributed by atoms with E-state index in [9.17, 15) is 23.9 Å². The van der Waals surface area contributed by atoms with Crippen LogP contribution in [0.5, 0.6) is 0 Å². The third kappa shape index (κ3) is 4.76. The van der Waals surface area contributed by atoms with Gasteiger partial charge in [-0.2, -0.15) is 4.39 Å². The average molecular weight is 464 g/mol. The van der Waals surface area contributed by atoms with E-state index in [4.69, 9.17) is 18.9 Å². The number of H-pyrrole nitrogens is 1. The Morgan fingerprint density at radius 3 is 2.64 bits per heavy atom. The van der Waals surface area contributed by atoms with E-state index in [0.29, 0.717) is 18.4 Å². The summed E-state index contributed by atoms with van der Waals surface area (Å²) in [6.45, 7) is 3.34. The molecule has 178 valence electrons. The van der Waals surface area contributed by atoms with Crippen LogP contribution in [0.3, 0.4) is 0 Å². The minimum absolute atomic E-state index is 0.137. The van der Waals surface area contributed by atoms with Gasteiger partial charge in [-0.25, -0.2) is 9.59 Å². The number of hydrogen-bond donors (Lipinski definition) is 2. The van der Waals surface area contributed by atoms with Crippen LogP contribution in [0.15, 0.2) is 40.1 Å². The number of carbonyl (C=O) groups is 1. The summed E-state index contributed by atoms with van der Waals surface area (Å²) < 4.78 is 37.6. The predicted octanol–water partition coefficient (Wildman–Crippen LogP) is 1.01. The lowest BCUT2D eigenvalue weighted by atomic mass is 10.1. The summed E-state index contributed by atoms with van der Waals surface area (Å²) in [5.41, 5.74) is -0.517. The number of ether oxygens (including phenoxy) is 4. The van der Waals surface area contributed by atoms with E-state index in [1.54, 1.807) is 19.1 Å². The molecule has 1 aromatic heterocycles. The fourth-order valence-corrected chi connectivity index (χ4v) is 4.05. The number of benzene rings is 1. The molecule has 2 aliphatic heterocycles. The number of aliphatic hydroxyl groups excluding tert-OH is 1. The third-order valence-corrected chi connectivity index (χ3v) is 5.73. The third-order valence-electron chi connectivity index (χ3n) is 5.73. The molecule has 0 saturated carbocycles. The van der Waals surface area contributed by atoms with E-state index in [0.717, 1.165) is 16.3 Å². The Morgan fingerprint density at radius 2 is 1.94 bits per heavy atom. The largest absolute Gasteiger partial charge is 0.462 e. The van der Waals surface area contributed by atoms with Gasteiger partial charge in [-0.05, 0) is 32.4 Å². The van der Waals surface area contributed by atoms with E-state index >= 15 is 0 Å². The Morgan fingerprint density at radius 1 is 1.24 bits per heavy atom. The lowest BCUT2D eigenvalue weighted by Gasteiger charge is -2.27. The Balaban J connectivity index is 1.39. The molecule has 33 heavy (non-hydrogen) atoms. The van der Waals surface area contributed by atoms with Crippen molar-refractivity contribution in [2.24, 2.45) is 0 Å². The van der Waals surface area contributed by atoms with Gasteiger partial charge in [0.05, 0.1) is 25.0 Å². The first kappa shape index (κ1) is 23.3. The van der Waals surface area contributed by atoms with Gasteiger partial charge >= 0.3 is 11.7 Å². The Kier molecular flexibility index (Phi) is 6.48. The van der Waals surface area contributed by atoms with E-state index in [2.05, 4.69) is 0 Å². The molecule has 0 amide bonds. The summed E-state index contributed by atoms with van der Waals surface area (Å²) in [5, 5.41) is 9.68. The Bertz CT molecular complexity index is 1130. The number of aryl methyl sites for hydroxylation is 1. The number of hydrogen-bond acceptors (Lipinski definition) is 8. The molecule has 5 atom stereocenters. The van der Waals surface area contributed by atoms with Crippen LogP contribution in [0.4, 0.5) is 4.39 Å². The van der Waals surface area contributed by atoms with Crippen LogP contribution < -0.4 is 11.2 Å². The van der Waals surface area contributed by atoms with Crippen molar-refractivity contribution >= 4 is 5.97 Å². The van der Waals surface area contributed by atoms with Crippen molar-refractivity contribution in [1.82, 2.24) is 9.55 Å². The van der Waals surface area contributed by atoms with Crippen LogP contribution in [-0.2, 0) is 18.9 Å². The van der Waals surface area contributed by atoms with Gasteiger partial charge in [0.15, 0.2) is 12.0 Å². The smallest absolute Gasteiger partial charge is 0.338 e. The van der Waals surface area contributed by atoms with Gasteiger partial charge in [0.2, 0.25) is 5.82 Å². The minimum Gasteiger partial charge on any atom is -0.462 e. The summed E-state index contributed by atoms with van der Waals surface area (Å²) in [6.07, 6.45) is -1.95. The lowest BCUT2D eigenvalue weighted by Crippen LogP contribution is -2.38. The van der Waals surface area contributed by atoms with E-state index in [1.165, 1.54) is 0 Å². The molecule has 3 heterocycles. The first-order valence-electron chi connectivity index (χ1n) is 10.6. The molecule has 0 unspecified atom stereocenters. The molecule has 10 nitrogen and oxygen atoms in total. The summed E-state index contributed by atoms with van der Waals surface area (Å²) >= 11 is 0. The number of aromatic nitrogens is 2. The van der Waals surface area contributed by atoms with Crippen LogP contribution >= 0.6 is 0 Å². The van der Waals surface area contributed by atoms with E-state index in [1.807, 2.05) is 24.0 Å².